The van der Waals surface area contributed by atoms with Crippen LogP contribution >= 0.6 is 15.9 Å². The zero-order chi connectivity index (χ0) is 13.8. The summed E-state index contributed by atoms with van der Waals surface area (Å²) in [6.45, 7) is 2.42. The van der Waals surface area contributed by atoms with Gasteiger partial charge in [0.1, 0.15) is 12.1 Å². The summed E-state index contributed by atoms with van der Waals surface area (Å²) in [6.07, 6.45) is 1.44. The maximum atomic E-state index is 13.7. The van der Waals surface area contributed by atoms with E-state index in [-0.39, 0.29) is 5.56 Å². The highest BCUT2D eigenvalue weighted by Gasteiger charge is 2.16. The van der Waals surface area contributed by atoms with Crippen molar-refractivity contribution in [3.63, 3.8) is 0 Å². The minimum atomic E-state index is -0.541. The van der Waals surface area contributed by atoms with Gasteiger partial charge < -0.3 is 5.32 Å². The number of nitrogens with zero attached hydrogens (tertiary/aromatic N) is 4. The summed E-state index contributed by atoms with van der Waals surface area (Å²) >= 11 is 3.27. The Hall–Kier alpha value is -1.83. The first-order valence-electron chi connectivity index (χ1n) is 5.53. The second-order valence-corrected chi connectivity index (χ2v) is 4.71. The fourth-order valence-electron chi connectivity index (χ4n) is 1.59. The number of amides is 1. The third-order valence-corrected chi connectivity index (χ3v) is 3.45. The largest absolute Gasteiger partial charge is 0.350 e. The Morgan fingerprint density at radius 1 is 1.53 bits per heavy atom. The first kappa shape index (κ1) is 13.6. The number of nitrogens with one attached hydrogen (secondary N) is 1. The van der Waals surface area contributed by atoms with Crippen LogP contribution in [0.1, 0.15) is 15.9 Å². The molecule has 19 heavy (non-hydrogen) atoms. The first-order chi connectivity index (χ1) is 9.09. The minimum absolute atomic E-state index is 0.0473. The zero-order valence-electron chi connectivity index (χ0n) is 10.1. The molecule has 2 aromatic rings. The Balaban J connectivity index is 2.02. The van der Waals surface area contributed by atoms with E-state index in [2.05, 4.69) is 36.8 Å². The van der Waals surface area contributed by atoms with Gasteiger partial charge in [0.25, 0.3) is 5.91 Å². The number of hydrogen-bond acceptors (Lipinski definition) is 4. The van der Waals surface area contributed by atoms with Crippen molar-refractivity contribution in [1.82, 2.24) is 25.5 Å². The van der Waals surface area contributed by atoms with E-state index in [1.165, 1.54) is 17.1 Å². The third-order valence-electron chi connectivity index (χ3n) is 2.59. The van der Waals surface area contributed by atoms with E-state index in [4.69, 9.17) is 0 Å². The highest BCUT2D eigenvalue weighted by molar-refractivity contribution is 9.10. The van der Waals surface area contributed by atoms with E-state index in [9.17, 15) is 9.18 Å². The van der Waals surface area contributed by atoms with Crippen LogP contribution in [-0.4, -0.2) is 32.7 Å². The van der Waals surface area contributed by atoms with Crippen LogP contribution in [0.2, 0.25) is 0 Å². The molecule has 0 aliphatic rings. The van der Waals surface area contributed by atoms with Crippen LogP contribution in [-0.2, 0) is 6.54 Å². The van der Waals surface area contributed by atoms with Crippen molar-refractivity contribution >= 4 is 21.8 Å². The molecule has 0 saturated carbocycles. The van der Waals surface area contributed by atoms with Crippen molar-refractivity contribution in [2.24, 2.45) is 0 Å². The Labute approximate surface area is 117 Å². The van der Waals surface area contributed by atoms with Crippen LogP contribution in [0.4, 0.5) is 4.39 Å². The summed E-state index contributed by atoms with van der Waals surface area (Å²) in [6, 6.07) is 2.83. The number of tetrazole rings is 1. The Bertz CT molecular complexity index is 587. The molecule has 1 aromatic carbocycles. The molecule has 1 heterocycles. The fraction of sp³-hybridized carbons (Fsp3) is 0.273. The lowest BCUT2D eigenvalue weighted by molar-refractivity contribution is 0.0947. The quantitative estimate of drug-likeness (QED) is 0.919. The molecule has 1 amide bonds. The zero-order valence-corrected chi connectivity index (χ0v) is 11.7. The minimum Gasteiger partial charge on any atom is -0.350 e. The Morgan fingerprint density at radius 3 is 3.00 bits per heavy atom. The van der Waals surface area contributed by atoms with Gasteiger partial charge in [-0.3, -0.25) is 4.79 Å². The lowest BCUT2D eigenvalue weighted by atomic mass is 10.1. The molecule has 0 bridgehead atoms. The molecule has 0 atom stereocenters. The van der Waals surface area contributed by atoms with E-state index >= 15 is 0 Å². The molecule has 2 rings (SSSR count). The molecule has 0 aliphatic carbocycles. The van der Waals surface area contributed by atoms with E-state index < -0.39 is 11.7 Å². The number of halogens is 2. The summed E-state index contributed by atoms with van der Waals surface area (Å²) in [5.41, 5.74) is 0.617. The van der Waals surface area contributed by atoms with Gasteiger partial charge in [0.2, 0.25) is 0 Å². The molecule has 8 heteroatoms. The summed E-state index contributed by atoms with van der Waals surface area (Å²) in [4.78, 5) is 11.9. The van der Waals surface area contributed by atoms with Gasteiger partial charge >= 0.3 is 0 Å². The lowest BCUT2D eigenvalue weighted by Crippen LogP contribution is -2.29. The smallest absolute Gasteiger partial charge is 0.254 e. The monoisotopic (exact) mass is 327 g/mol. The van der Waals surface area contributed by atoms with Gasteiger partial charge in [-0.25, -0.2) is 9.07 Å². The maximum Gasteiger partial charge on any atom is 0.254 e. The second-order valence-electron chi connectivity index (χ2n) is 3.86. The highest BCUT2D eigenvalue weighted by Crippen LogP contribution is 2.22. The second kappa shape index (κ2) is 5.87. The number of carbonyl (C=O) groups excluding carboxylic acids is 1. The average molecular weight is 328 g/mol. The van der Waals surface area contributed by atoms with Gasteiger partial charge in [-0.2, -0.15) is 0 Å². The van der Waals surface area contributed by atoms with E-state index in [0.717, 1.165) is 0 Å². The Morgan fingerprint density at radius 2 is 2.32 bits per heavy atom. The van der Waals surface area contributed by atoms with Gasteiger partial charge in [0.05, 0.1) is 12.1 Å². The molecule has 0 fully saturated rings. The molecule has 0 saturated heterocycles. The molecular formula is C11H11BrFN5O. The maximum absolute atomic E-state index is 13.7. The average Bonchev–Trinajstić information content (AvgIpc) is 2.87. The van der Waals surface area contributed by atoms with Crippen molar-refractivity contribution in [3.8, 4) is 0 Å². The van der Waals surface area contributed by atoms with Crippen LogP contribution in [0.25, 0.3) is 0 Å². The number of hydrogen-bond donors (Lipinski definition) is 1. The fourth-order valence-corrected chi connectivity index (χ4v) is 1.92. The molecule has 6 nitrogen and oxygen atoms in total. The first-order valence-corrected chi connectivity index (χ1v) is 6.32. The van der Waals surface area contributed by atoms with E-state index in [0.29, 0.717) is 23.1 Å². The molecular weight excluding hydrogens is 317 g/mol. The van der Waals surface area contributed by atoms with Gasteiger partial charge in [-0.1, -0.05) is 15.9 Å². The molecule has 0 radical (unpaired) electrons. The van der Waals surface area contributed by atoms with Crippen molar-refractivity contribution in [2.45, 2.75) is 13.5 Å². The normalized spacial score (nSPS) is 10.5. The van der Waals surface area contributed by atoms with Crippen LogP contribution < -0.4 is 5.32 Å². The van der Waals surface area contributed by atoms with Crippen LogP contribution in [0.3, 0.4) is 0 Å². The Kier molecular flexibility index (Phi) is 4.20. The summed E-state index contributed by atoms with van der Waals surface area (Å²) < 4.78 is 15.8. The van der Waals surface area contributed by atoms with Crippen molar-refractivity contribution in [1.29, 1.82) is 0 Å². The van der Waals surface area contributed by atoms with Crippen LogP contribution in [0.5, 0.6) is 0 Å². The van der Waals surface area contributed by atoms with Crippen molar-refractivity contribution in [2.75, 3.05) is 6.54 Å². The SMILES string of the molecule is Cc1c(Br)ccc(F)c1C(=O)NCCn1cnnn1. The number of rotatable bonds is 4. The summed E-state index contributed by atoms with van der Waals surface area (Å²) in [5, 5.41) is 13.2. The van der Waals surface area contributed by atoms with Crippen molar-refractivity contribution in [3.05, 3.63) is 39.9 Å². The molecule has 0 aliphatic heterocycles. The molecule has 1 aromatic heterocycles. The summed E-state index contributed by atoms with van der Waals surface area (Å²) in [5.74, 6) is -0.995. The topological polar surface area (TPSA) is 72.7 Å². The van der Waals surface area contributed by atoms with Gasteiger partial charge in [-0.15, -0.1) is 5.10 Å². The van der Waals surface area contributed by atoms with Gasteiger partial charge in [-0.05, 0) is 35.0 Å². The van der Waals surface area contributed by atoms with Gasteiger partial charge in [0, 0.05) is 11.0 Å². The van der Waals surface area contributed by atoms with E-state index in [1.54, 1.807) is 13.0 Å². The highest BCUT2D eigenvalue weighted by atomic mass is 79.9. The molecule has 0 spiro atoms. The molecule has 100 valence electrons. The van der Waals surface area contributed by atoms with Crippen LogP contribution in [0.15, 0.2) is 22.9 Å². The molecule has 0 unspecified atom stereocenters. The third kappa shape index (κ3) is 3.14. The van der Waals surface area contributed by atoms with Crippen LogP contribution in [0, 0.1) is 12.7 Å². The van der Waals surface area contributed by atoms with Gasteiger partial charge in [0.15, 0.2) is 0 Å². The standard InChI is InChI=1S/C11H11BrFN5O/c1-7-8(12)2-3-9(13)10(7)11(19)14-4-5-18-6-15-16-17-18/h2-3,6H,4-5H2,1H3,(H,14,19). The van der Waals surface area contributed by atoms with Crippen molar-refractivity contribution < 1.29 is 9.18 Å². The number of aromatic nitrogens is 4. The number of benzene rings is 1. The predicted molar refractivity (Wildman–Crippen MR) is 69.0 cm³/mol. The summed E-state index contributed by atoms with van der Waals surface area (Å²) in [7, 11) is 0. The predicted octanol–water partition coefficient (Wildman–Crippen LogP) is 1.31. The molecule has 1 N–H and O–H groups in total. The van der Waals surface area contributed by atoms with E-state index in [1.807, 2.05) is 0 Å². The number of carbonyl (C=O) groups is 1. The lowest BCUT2D eigenvalue weighted by Gasteiger charge is -2.09.